The lowest BCUT2D eigenvalue weighted by atomic mass is 9.58. The molecular formula is C48H69N5O7. The van der Waals surface area contributed by atoms with Crippen molar-refractivity contribution in [1.82, 2.24) is 20.6 Å². The number of aliphatic hydroxyl groups excluding tert-OH is 2. The molecular weight excluding hydrogens is 759 g/mol. The Morgan fingerprint density at radius 1 is 1.02 bits per heavy atom. The molecule has 12 heteroatoms. The van der Waals surface area contributed by atoms with Gasteiger partial charge >= 0.3 is 0 Å². The van der Waals surface area contributed by atoms with E-state index in [1.54, 1.807) is 19.1 Å². The fourth-order valence-corrected chi connectivity index (χ4v) is 9.63. The third kappa shape index (κ3) is 10.2. The van der Waals surface area contributed by atoms with Crippen molar-refractivity contribution in [2.24, 2.45) is 29.1 Å². The maximum Gasteiger partial charge on any atom is 0.251 e. The highest BCUT2D eigenvalue weighted by Gasteiger charge is 2.51. The SMILES string of the molecule is COc1c(CN2O[C@@H](CO)[C@@H]([C@H](C)O)[C@H]2C(=O)N[C@H]2C[C@@H](C)C(C)(C)[C@@H](C)[C@@H]2C)cccc1-c1cc(C(=O)N[C@@H](Cc2ccccc2)CN2CCOCC2)cc(N(C)C)c1. The second-order valence-electron chi connectivity index (χ2n) is 18.3. The number of hydroxylamine groups is 2. The van der Waals surface area contributed by atoms with E-state index in [9.17, 15) is 19.8 Å². The summed E-state index contributed by atoms with van der Waals surface area (Å²) in [5.74, 6) is 0.549. The van der Waals surface area contributed by atoms with Gasteiger partial charge in [0.15, 0.2) is 0 Å². The number of nitrogens with one attached hydrogen (secondary N) is 2. The van der Waals surface area contributed by atoms with E-state index in [4.69, 9.17) is 14.3 Å². The third-order valence-electron chi connectivity index (χ3n) is 14.1. The highest BCUT2D eigenvalue weighted by Crippen LogP contribution is 2.48. The predicted octanol–water partition coefficient (Wildman–Crippen LogP) is 5.40. The van der Waals surface area contributed by atoms with Crippen LogP contribution in [-0.4, -0.2) is 123 Å². The molecule has 2 saturated heterocycles. The second kappa shape index (κ2) is 19.8. The minimum Gasteiger partial charge on any atom is -0.496 e. The van der Waals surface area contributed by atoms with E-state index < -0.39 is 24.2 Å². The molecule has 0 aromatic heterocycles. The van der Waals surface area contributed by atoms with Gasteiger partial charge in [0, 0.05) is 74.1 Å². The maximum atomic E-state index is 14.4. The van der Waals surface area contributed by atoms with Gasteiger partial charge in [0.25, 0.3) is 5.91 Å². The van der Waals surface area contributed by atoms with E-state index in [-0.39, 0.29) is 48.4 Å². The molecule has 9 atom stereocenters. The smallest absolute Gasteiger partial charge is 0.251 e. The number of benzene rings is 3. The average Bonchev–Trinajstić information content (AvgIpc) is 3.61. The number of hydrogen-bond donors (Lipinski definition) is 4. The van der Waals surface area contributed by atoms with Crippen LogP contribution in [0.5, 0.6) is 5.75 Å². The van der Waals surface area contributed by atoms with Crippen molar-refractivity contribution in [1.29, 1.82) is 0 Å². The van der Waals surface area contributed by atoms with Crippen molar-refractivity contribution >= 4 is 17.5 Å². The summed E-state index contributed by atoms with van der Waals surface area (Å²) in [4.78, 5) is 39.4. The van der Waals surface area contributed by atoms with E-state index in [1.807, 2.05) is 73.6 Å². The van der Waals surface area contributed by atoms with Crippen LogP contribution in [-0.2, 0) is 27.3 Å². The van der Waals surface area contributed by atoms with Crippen molar-refractivity contribution in [2.45, 2.75) is 91.3 Å². The van der Waals surface area contributed by atoms with E-state index in [1.165, 1.54) is 0 Å². The lowest BCUT2D eigenvalue weighted by Gasteiger charge is -2.50. The molecule has 3 aliphatic rings. The fraction of sp³-hybridized carbons (Fsp3) is 0.583. The largest absolute Gasteiger partial charge is 0.496 e. The molecule has 3 aromatic rings. The molecule has 12 nitrogen and oxygen atoms in total. The molecule has 0 spiro atoms. The lowest BCUT2D eigenvalue weighted by molar-refractivity contribution is -0.182. The summed E-state index contributed by atoms with van der Waals surface area (Å²) in [6, 6.07) is 20.9. The molecule has 2 amide bonds. The van der Waals surface area contributed by atoms with Crippen LogP contribution in [0.2, 0.25) is 0 Å². The number of carbonyl (C=O) groups excluding carboxylic acids is 2. The van der Waals surface area contributed by atoms with Crippen LogP contribution in [0, 0.1) is 29.1 Å². The zero-order valence-corrected chi connectivity index (χ0v) is 37.2. The molecule has 1 aliphatic carbocycles. The normalized spacial score (nSPS) is 26.9. The second-order valence-corrected chi connectivity index (χ2v) is 18.3. The Morgan fingerprint density at radius 2 is 1.73 bits per heavy atom. The van der Waals surface area contributed by atoms with Crippen molar-refractivity contribution < 1.29 is 34.1 Å². The lowest BCUT2D eigenvalue weighted by Crippen LogP contribution is -2.56. The third-order valence-corrected chi connectivity index (χ3v) is 14.1. The van der Waals surface area contributed by atoms with Crippen LogP contribution < -0.4 is 20.3 Å². The highest BCUT2D eigenvalue weighted by atomic mass is 16.7. The maximum absolute atomic E-state index is 14.4. The number of para-hydroxylation sites is 1. The zero-order valence-electron chi connectivity index (χ0n) is 37.2. The molecule has 3 aromatic carbocycles. The highest BCUT2D eigenvalue weighted by molar-refractivity contribution is 5.97. The van der Waals surface area contributed by atoms with Gasteiger partial charge in [0.2, 0.25) is 5.91 Å². The van der Waals surface area contributed by atoms with Gasteiger partial charge < -0.3 is 35.2 Å². The van der Waals surface area contributed by atoms with Gasteiger partial charge in [-0.05, 0) is 72.3 Å². The minimum atomic E-state index is -0.920. The molecule has 2 aliphatic heterocycles. The van der Waals surface area contributed by atoms with Gasteiger partial charge in [0.1, 0.15) is 17.9 Å². The number of rotatable bonds is 15. The van der Waals surface area contributed by atoms with Crippen molar-refractivity contribution in [2.75, 3.05) is 65.6 Å². The number of morpholine rings is 1. The number of anilines is 1. The van der Waals surface area contributed by atoms with E-state index >= 15 is 0 Å². The molecule has 2 heterocycles. The summed E-state index contributed by atoms with van der Waals surface area (Å²) in [6.45, 7) is 16.5. The predicted molar refractivity (Wildman–Crippen MR) is 236 cm³/mol. The van der Waals surface area contributed by atoms with Crippen LogP contribution in [0.25, 0.3) is 11.1 Å². The van der Waals surface area contributed by atoms with Gasteiger partial charge in [-0.1, -0.05) is 83.1 Å². The molecule has 328 valence electrons. The Balaban J connectivity index is 1.29. The monoisotopic (exact) mass is 828 g/mol. The van der Waals surface area contributed by atoms with Crippen LogP contribution >= 0.6 is 0 Å². The van der Waals surface area contributed by atoms with Crippen LogP contribution in [0.3, 0.4) is 0 Å². The first kappa shape index (κ1) is 45.5. The number of aliphatic hydroxyl groups is 2. The van der Waals surface area contributed by atoms with Crippen molar-refractivity contribution in [3.05, 3.63) is 83.4 Å². The molecule has 6 rings (SSSR count). The van der Waals surface area contributed by atoms with Gasteiger partial charge in [-0.2, -0.15) is 5.06 Å². The number of carbonyl (C=O) groups is 2. The molecule has 3 fully saturated rings. The van der Waals surface area contributed by atoms with Crippen molar-refractivity contribution in [3.63, 3.8) is 0 Å². The van der Waals surface area contributed by atoms with Crippen LogP contribution in [0.1, 0.15) is 69.4 Å². The summed E-state index contributed by atoms with van der Waals surface area (Å²) >= 11 is 0. The van der Waals surface area contributed by atoms with Crippen molar-refractivity contribution in [3.8, 4) is 16.9 Å². The first-order valence-corrected chi connectivity index (χ1v) is 21.8. The van der Waals surface area contributed by atoms with Crippen LogP contribution in [0.4, 0.5) is 5.69 Å². The van der Waals surface area contributed by atoms with Gasteiger partial charge in [0.05, 0.1) is 39.6 Å². The average molecular weight is 828 g/mol. The Hall–Kier alpha value is -4.04. The van der Waals surface area contributed by atoms with Gasteiger partial charge in [-0.15, -0.1) is 0 Å². The summed E-state index contributed by atoms with van der Waals surface area (Å²) in [7, 11) is 5.52. The zero-order chi connectivity index (χ0) is 43.3. The number of methoxy groups -OCH3 is 1. The quantitative estimate of drug-likeness (QED) is 0.158. The molecule has 4 N–H and O–H groups in total. The van der Waals surface area contributed by atoms with Gasteiger partial charge in [-0.3, -0.25) is 19.3 Å². The van der Waals surface area contributed by atoms with Crippen LogP contribution in [0.15, 0.2) is 66.7 Å². The number of amides is 2. The molecule has 0 unspecified atom stereocenters. The fourth-order valence-electron chi connectivity index (χ4n) is 9.63. The molecule has 0 radical (unpaired) electrons. The van der Waals surface area contributed by atoms with Gasteiger partial charge in [-0.25, -0.2) is 0 Å². The molecule has 60 heavy (non-hydrogen) atoms. The topological polar surface area (TPSA) is 136 Å². The number of hydrogen-bond acceptors (Lipinski definition) is 10. The Morgan fingerprint density at radius 3 is 2.38 bits per heavy atom. The number of nitrogens with zero attached hydrogens (tertiary/aromatic N) is 3. The summed E-state index contributed by atoms with van der Waals surface area (Å²) < 4.78 is 11.7. The number of ether oxygens (including phenoxy) is 2. The Kier molecular flexibility index (Phi) is 15.0. The molecule has 0 bridgehead atoms. The molecule has 1 saturated carbocycles. The standard InChI is InChI=1S/C48H69N5O7/c1-30-22-41(31(2)32(3)48(30,5)6)50-47(57)44-43(33(4)55)42(29-54)60-53(44)27-35-16-13-17-40(45(35)58-9)36-24-37(26-39(25-36)51(7)8)46(56)49-38(23-34-14-11-10-12-15-34)28-52-18-20-59-21-19-52/h10-17,24-26,30-33,38,41-44,54-55H,18-23,27-29H2,1-9H3,(H,49,56)(H,50,57)/t30-,31+,32+,33+,38+,41+,42+,43-,44+/m1/s1. The minimum absolute atomic E-state index is 0.0404. The summed E-state index contributed by atoms with van der Waals surface area (Å²) in [5.41, 5.74) is 4.99. The van der Waals surface area contributed by atoms with E-state index in [0.717, 1.165) is 47.5 Å². The van der Waals surface area contributed by atoms with E-state index in [0.29, 0.717) is 49.3 Å². The first-order chi connectivity index (χ1) is 28.6. The summed E-state index contributed by atoms with van der Waals surface area (Å²) in [5, 5.41) is 29.8. The van der Waals surface area contributed by atoms with E-state index in [2.05, 4.69) is 62.3 Å². The summed E-state index contributed by atoms with van der Waals surface area (Å²) in [6.07, 6.45) is -0.149. The Bertz CT molecular complexity index is 1900. The Labute approximate surface area is 357 Å². The first-order valence-electron chi connectivity index (χ1n) is 21.8.